The maximum Gasteiger partial charge on any atom is 0.251 e. The van der Waals surface area contributed by atoms with Crippen LogP contribution in [0.5, 0.6) is 0 Å². The summed E-state index contributed by atoms with van der Waals surface area (Å²) in [6.07, 6.45) is 0.461. The van der Waals surface area contributed by atoms with Crippen LogP contribution in [0.4, 0.5) is 0 Å². The largest absolute Gasteiger partial charge is 0.395 e. The van der Waals surface area contributed by atoms with E-state index in [2.05, 4.69) is 17.2 Å². The number of thiophene rings is 1. The predicted molar refractivity (Wildman–Crippen MR) is 80.5 cm³/mol. The van der Waals surface area contributed by atoms with E-state index < -0.39 is 0 Å². The molecule has 0 bridgehead atoms. The van der Waals surface area contributed by atoms with Crippen molar-refractivity contribution in [3.8, 4) is 11.8 Å². The molecule has 0 unspecified atom stereocenters. The minimum atomic E-state index is -0.0916. The van der Waals surface area contributed by atoms with Crippen LogP contribution in [0.3, 0.4) is 0 Å². The number of rotatable bonds is 4. The number of hydrogen-bond donors (Lipinski definition) is 2. The van der Waals surface area contributed by atoms with Crippen molar-refractivity contribution in [2.75, 3.05) is 6.61 Å². The van der Waals surface area contributed by atoms with Crippen molar-refractivity contribution in [2.45, 2.75) is 13.0 Å². The van der Waals surface area contributed by atoms with Crippen molar-refractivity contribution in [1.29, 1.82) is 0 Å². The van der Waals surface area contributed by atoms with Gasteiger partial charge in [-0.3, -0.25) is 4.79 Å². The van der Waals surface area contributed by atoms with Gasteiger partial charge in [0.2, 0.25) is 0 Å². The Morgan fingerprint density at radius 2 is 2.05 bits per heavy atom. The zero-order chi connectivity index (χ0) is 14.2. The summed E-state index contributed by atoms with van der Waals surface area (Å²) in [4.78, 5) is 11.9. The minimum absolute atomic E-state index is 0.0655. The molecule has 0 saturated heterocycles. The number of aliphatic hydroxyl groups excluding tert-OH is 1. The van der Waals surface area contributed by atoms with Gasteiger partial charge in [-0.2, -0.15) is 11.3 Å². The van der Waals surface area contributed by atoms with E-state index in [-0.39, 0.29) is 12.5 Å². The molecule has 0 atom stereocenters. The molecule has 0 spiro atoms. The molecule has 2 rings (SSSR count). The minimum Gasteiger partial charge on any atom is -0.395 e. The standard InChI is InChI=1S/C16H15NO2S/c18-9-2-1-3-13-4-6-15(7-5-13)16(19)17-11-14-8-10-20-12-14/h4-8,10,12,18H,2,9,11H2,(H,17,19). The molecule has 0 saturated carbocycles. The van der Waals surface area contributed by atoms with Gasteiger partial charge < -0.3 is 10.4 Å². The molecule has 20 heavy (non-hydrogen) atoms. The summed E-state index contributed by atoms with van der Waals surface area (Å²) < 4.78 is 0. The molecule has 102 valence electrons. The van der Waals surface area contributed by atoms with Gasteiger partial charge in [0.15, 0.2) is 0 Å². The molecule has 1 aromatic heterocycles. The molecule has 2 N–H and O–H groups in total. The predicted octanol–water partition coefficient (Wildman–Crippen LogP) is 2.41. The number of aliphatic hydroxyl groups is 1. The van der Waals surface area contributed by atoms with E-state index >= 15 is 0 Å². The Balaban J connectivity index is 1.92. The SMILES string of the molecule is O=C(NCc1ccsc1)c1ccc(C#CCCO)cc1. The van der Waals surface area contributed by atoms with Crippen LogP contribution in [-0.4, -0.2) is 17.6 Å². The quantitative estimate of drug-likeness (QED) is 0.848. The highest BCUT2D eigenvalue weighted by atomic mass is 32.1. The Morgan fingerprint density at radius 3 is 2.70 bits per heavy atom. The normalized spacial score (nSPS) is 9.65. The Bertz CT molecular complexity index is 606. The van der Waals surface area contributed by atoms with Gasteiger partial charge in [-0.1, -0.05) is 11.8 Å². The lowest BCUT2D eigenvalue weighted by atomic mass is 10.1. The zero-order valence-electron chi connectivity index (χ0n) is 10.9. The van der Waals surface area contributed by atoms with Gasteiger partial charge in [0.25, 0.3) is 5.91 Å². The van der Waals surface area contributed by atoms with Crippen LogP contribution in [0.25, 0.3) is 0 Å². The van der Waals surface area contributed by atoms with E-state index in [0.29, 0.717) is 18.5 Å². The number of nitrogens with one attached hydrogen (secondary N) is 1. The summed E-state index contributed by atoms with van der Waals surface area (Å²) in [6, 6.07) is 9.12. The van der Waals surface area contributed by atoms with Crippen molar-refractivity contribution < 1.29 is 9.90 Å². The molecule has 0 fully saturated rings. The lowest BCUT2D eigenvalue weighted by Crippen LogP contribution is -2.22. The monoisotopic (exact) mass is 285 g/mol. The molecular formula is C16H15NO2S. The molecule has 4 heteroatoms. The van der Waals surface area contributed by atoms with Crippen LogP contribution in [0.15, 0.2) is 41.1 Å². The van der Waals surface area contributed by atoms with Crippen molar-refractivity contribution in [2.24, 2.45) is 0 Å². The van der Waals surface area contributed by atoms with Gasteiger partial charge in [-0.05, 0) is 46.7 Å². The van der Waals surface area contributed by atoms with Gasteiger partial charge in [0.1, 0.15) is 0 Å². The van der Waals surface area contributed by atoms with Crippen LogP contribution in [0.1, 0.15) is 27.9 Å². The Kier molecular flexibility index (Phi) is 5.36. The average Bonchev–Trinajstić information content (AvgIpc) is 2.99. The highest BCUT2D eigenvalue weighted by molar-refractivity contribution is 7.07. The highest BCUT2D eigenvalue weighted by Gasteiger charge is 2.04. The summed E-state index contributed by atoms with van der Waals surface area (Å²) in [7, 11) is 0. The van der Waals surface area contributed by atoms with E-state index in [0.717, 1.165) is 11.1 Å². The first-order valence-corrected chi connectivity index (χ1v) is 7.23. The van der Waals surface area contributed by atoms with Crippen LogP contribution in [0, 0.1) is 11.8 Å². The molecule has 2 aromatic rings. The van der Waals surface area contributed by atoms with E-state index in [4.69, 9.17) is 5.11 Å². The van der Waals surface area contributed by atoms with Gasteiger partial charge >= 0.3 is 0 Å². The topological polar surface area (TPSA) is 49.3 Å². The maximum absolute atomic E-state index is 11.9. The molecule has 3 nitrogen and oxygen atoms in total. The Labute approximate surface area is 122 Å². The molecule has 0 aliphatic rings. The molecule has 0 aliphatic heterocycles. The van der Waals surface area contributed by atoms with E-state index in [1.807, 2.05) is 29.0 Å². The molecule has 1 heterocycles. The summed E-state index contributed by atoms with van der Waals surface area (Å²) in [5.41, 5.74) is 2.57. The first-order chi connectivity index (χ1) is 9.79. The number of carbonyl (C=O) groups is 1. The van der Waals surface area contributed by atoms with E-state index in [1.165, 1.54) is 0 Å². The zero-order valence-corrected chi connectivity index (χ0v) is 11.7. The molecule has 0 radical (unpaired) electrons. The number of hydrogen-bond acceptors (Lipinski definition) is 3. The summed E-state index contributed by atoms with van der Waals surface area (Å²) in [5.74, 6) is 5.68. The number of carbonyl (C=O) groups excluding carboxylic acids is 1. The smallest absolute Gasteiger partial charge is 0.251 e. The van der Waals surface area contributed by atoms with E-state index in [9.17, 15) is 4.79 Å². The first-order valence-electron chi connectivity index (χ1n) is 6.28. The fourth-order valence-electron chi connectivity index (χ4n) is 1.60. The third-order valence-electron chi connectivity index (χ3n) is 2.65. The lowest BCUT2D eigenvalue weighted by Gasteiger charge is -2.03. The second-order valence-electron chi connectivity index (χ2n) is 4.17. The molecule has 1 aromatic carbocycles. The number of benzene rings is 1. The van der Waals surface area contributed by atoms with Gasteiger partial charge in [0, 0.05) is 24.1 Å². The third-order valence-corrected chi connectivity index (χ3v) is 3.38. The highest BCUT2D eigenvalue weighted by Crippen LogP contribution is 2.07. The van der Waals surface area contributed by atoms with Crippen LogP contribution in [0.2, 0.25) is 0 Å². The molecule has 0 aliphatic carbocycles. The summed E-state index contributed by atoms with van der Waals surface area (Å²) in [6.45, 7) is 0.608. The van der Waals surface area contributed by atoms with Crippen LogP contribution >= 0.6 is 11.3 Å². The van der Waals surface area contributed by atoms with Gasteiger partial charge in [0.05, 0.1) is 6.61 Å². The fourth-order valence-corrected chi connectivity index (χ4v) is 2.27. The fraction of sp³-hybridized carbons (Fsp3) is 0.188. The summed E-state index contributed by atoms with van der Waals surface area (Å²) in [5, 5.41) is 15.5. The average molecular weight is 285 g/mol. The Hall–Kier alpha value is -2.09. The van der Waals surface area contributed by atoms with E-state index in [1.54, 1.807) is 23.5 Å². The Morgan fingerprint density at radius 1 is 1.25 bits per heavy atom. The van der Waals surface area contributed by atoms with Crippen LogP contribution < -0.4 is 5.32 Å². The second-order valence-corrected chi connectivity index (χ2v) is 4.95. The lowest BCUT2D eigenvalue weighted by molar-refractivity contribution is 0.0951. The third kappa shape index (κ3) is 4.23. The van der Waals surface area contributed by atoms with Crippen molar-refractivity contribution in [1.82, 2.24) is 5.32 Å². The maximum atomic E-state index is 11.9. The first kappa shape index (κ1) is 14.3. The molecule has 1 amide bonds. The molecular weight excluding hydrogens is 270 g/mol. The summed E-state index contributed by atoms with van der Waals surface area (Å²) >= 11 is 1.61. The van der Waals surface area contributed by atoms with Crippen molar-refractivity contribution in [3.63, 3.8) is 0 Å². The van der Waals surface area contributed by atoms with Gasteiger partial charge in [-0.15, -0.1) is 0 Å². The van der Waals surface area contributed by atoms with Gasteiger partial charge in [-0.25, -0.2) is 0 Å². The van der Waals surface area contributed by atoms with Crippen molar-refractivity contribution in [3.05, 3.63) is 57.8 Å². The second kappa shape index (κ2) is 7.49. The number of amides is 1. The van der Waals surface area contributed by atoms with Crippen LogP contribution in [-0.2, 0) is 6.54 Å². The van der Waals surface area contributed by atoms with Crippen molar-refractivity contribution >= 4 is 17.2 Å².